The number of hydrogen-bond acceptors (Lipinski definition) is 2. The van der Waals surface area contributed by atoms with Crippen LogP contribution in [0.2, 0.25) is 0 Å². The highest BCUT2D eigenvalue weighted by molar-refractivity contribution is 5.95. The van der Waals surface area contributed by atoms with Gasteiger partial charge in [0.1, 0.15) is 0 Å². The van der Waals surface area contributed by atoms with E-state index in [0.29, 0.717) is 0 Å². The van der Waals surface area contributed by atoms with Crippen LogP contribution >= 0.6 is 0 Å². The molecule has 2 aromatic carbocycles. The Kier molecular flexibility index (Phi) is 2.07. The summed E-state index contributed by atoms with van der Waals surface area (Å²) in [4.78, 5) is 2.29. The lowest BCUT2D eigenvalue weighted by atomic mass is 10.1. The zero-order valence-corrected chi connectivity index (χ0v) is 9.27. The summed E-state index contributed by atoms with van der Waals surface area (Å²) in [7, 11) is 0. The Hall–Kier alpha value is -1.96. The zero-order chi connectivity index (χ0) is 11.0. The van der Waals surface area contributed by atoms with E-state index in [0.717, 1.165) is 6.67 Å². The molecule has 16 heavy (non-hydrogen) atoms. The molecule has 1 heterocycles. The van der Waals surface area contributed by atoms with Crippen molar-refractivity contribution in [3.8, 4) is 0 Å². The third kappa shape index (κ3) is 1.34. The minimum absolute atomic E-state index is 0.861. The highest BCUT2D eigenvalue weighted by Gasteiger charge is 2.14. The third-order valence-electron chi connectivity index (χ3n) is 3.04. The lowest BCUT2D eigenvalue weighted by Crippen LogP contribution is -2.22. The molecule has 2 aromatic rings. The fourth-order valence-corrected chi connectivity index (χ4v) is 2.21. The zero-order valence-electron chi connectivity index (χ0n) is 9.27. The predicted molar refractivity (Wildman–Crippen MR) is 68.2 cm³/mol. The molecule has 0 saturated carbocycles. The smallest absolute Gasteiger partial charge is 0.0919 e. The second-order valence-corrected chi connectivity index (χ2v) is 4.07. The van der Waals surface area contributed by atoms with Gasteiger partial charge in [-0.15, -0.1) is 0 Å². The number of benzene rings is 2. The molecule has 2 heteroatoms. The summed E-state index contributed by atoms with van der Waals surface area (Å²) in [5.74, 6) is 0. The van der Waals surface area contributed by atoms with Crippen LogP contribution in [0.3, 0.4) is 0 Å². The van der Waals surface area contributed by atoms with E-state index in [1.54, 1.807) is 0 Å². The van der Waals surface area contributed by atoms with Crippen LogP contribution in [0.15, 0.2) is 54.4 Å². The molecule has 0 saturated heterocycles. The Morgan fingerprint density at radius 3 is 2.69 bits per heavy atom. The maximum absolute atomic E-state index is 3.25. The highest BCUT2D eigenvalue weighted by Crippen LogP contribution is 2.29. The number of fused-ring (bicyclic) bond motifs is 1. The molecule has 2 nitrogen and oxygen atoms in total. The monoisotopic (exact) mass is 210 g/mol. The molecule has 1 aliphatic heterocycles. The van der Waals surface area contributed by atoms with Crippen molar-refractivity contribution in [3.05, 3.63) is 54.4 Å². The van der Waals surface area contributed by atoms with Gasteiger partial charge in [0.25, 0.3) is 0 Å². The van der Waals surface area contributed by atoms with Gasteiger partial charge in [0.15, 0.2) is 0 Å². The molecule has 0 bridgehead atoms. The van der Waals surface area contributed by atoms with Crippen LogP contribution in [0.5, 0.6) is 0 Å². The summed E-state index contributed by atoms with van der Waals surface area (Å²) in [5, 5.41) is 5.85. The fourth-order valence-electron chi connectivity index (χ4n) is 2.21. The molecule has 0 fully saturated rings. The van der Waals surface area contributed by atoms with Gasteiger partial charge in [0, 0.05) is 17.3 Å². The Bertz CT molecular complexity index is 552. The molecule has 0 aromatic heterocycles. The molecule has 1 N–H and O–H groups in total. The van der Waals surface area contributed by atoms with Crippen LogP contribution in [0.25, 0.3) is 10.8 Å². The van der Waals surface area contributed by atoms with Gasteiger partial charge in [0.2, 0.25) is 0 Å². The maximum Gasteiger partial charge on any atom is 0.0919 e. The molecular weight excluding hydrogens is 196 g/mol. The average molecular weight is 210 g/mol. The van der Waals surface area contributed by atoms with Crippen molar-refractivity contribution in [3.63, 3.8) is 0 Å². The molecule has 1 aliphatic rings. The van der Waals surface area contributed by atoms with E-state index < -0.39 is 0 Å². The van der Waals surface area contributed by atoms with Gasteiger partial charge >= 0.3 is 0 Å². The second-order valence-electron chi connectivity index (χ2n) is 4.07. The first-order valence-electron chi connectivity index (χ1n) is 5.52. The van der Waals surface area contributed by atoms with Gasteiger partial charge in [-0.05, 0) is 18.4 Å². The first kappa shape index (κ1) is 9.28. The van der Waals surface area contributed by atoms with E-state index in [2.05, 4.69) is 65.8 Å². The van der Waals surface area contributed by atoms with Crippen molar-refractivity contribution in [2.75, 3.05) is 11.6 Å². The van der Waals surface area contributed by atoms with Crippen molar-refractivity contribution in [2.24, 2.45) is 0 Å². The number of hydrogen-bond donors (Lipinski definition) is 1. The summed E-state index contributed by atoms with van der Waals surface area (Å²) in [6.45, 7) is 2.99. The van der Waals surface area contributed by atoms with Crippen LogP contribution in [0.1, 0.15) is 6.92 Å². The summed E-state index contributed by atoms with van der Waals surface area (Å²) >= 11 is 0. The van der Waals surface area contributed by atoms with E-state index >= 15 is 0 Å². The Morgan fingerprint density at radius 2 is 1.88 bits per heavy atom. The maximum atomic E-state index is 3.25. The van der Waals surface area contributed by atoms with Gasteiger partial charge in [-0.25, -0.2) is 0 Å². The minimum Gasteiger partial charge on any atom is -0.372 e. The Morgan fingerprint density at radius 1 is 1.06 bits per heavy atom. The van der Waals surface area contributed by atoms with Crippen molar-refractivity contribution >= 4 is 16.5 Å². The lowest BCUT2D eigenvalue weighted by molar-refractivity contribution is 0.890. The standard InChI is InChI=1S/C14H14N2/c1-11-9-15-10-16(11)14-8-4-6-12-5-2-3-7-13(12)14/h2-9,15H,10H2,1H3. The van der Waals surface area contributed by atoms with Crippen molar-refractivity contribution in [1.82, 2.24) is 5.32 Å². The van der Waals surface area contributed by atoms with Gasteiger partial charge in [-0.1, -0.05) is 36.4 Å². The number of rotatable bonds is 1. The SMILES string of the molecule is CC1=CNCN1c1cccc2ccccc12. The Labute approximate surface area is 95.2 Å². The van der Waals surface area contributed by atoms with E-state index in [4.69, 9.17) is 0 Å². The molecule has 3 rings (SSSR count). The topological polar surface area (TPSA) is 15.3 Å². The summed E-state index contributed by atoms with van der Waals surface area (Å²) in [6, 6.07) is 14.9. The molecule has 80 valence electrons. The van der Waals surface area contributed by atoms with Crippen LogP contribution < -0.4 is 10.2 Å². The third-order valence-corrected chi connectivity index (χ3v) is 3.04. The van der Waals surface area contributed by atoms with Gasteiger partial charge in [-0.2, -0.15) is 0 Å². The largest absolute Gasteiger partial charge is 0.372 e. The van der Waals surface area contributed by atoms with E-state index in [1.165, 1.54) is 22.2 Å². The number of allylic oxidation sites excluding steroid dienone is 1. The van der Waals surface area contributed by atoms with Crippen molar-refractivity contribution < 1.29 is 0 Å². The molecule has 0 spiro atoms. The van der Waals surface area contributed by atoms with E-state index in [-0.39, 0.29) is 0 Å². The molecule has 0 aliphatic carbocycles. The Balaban J connectivity index is 2.20. The van der Waals surface area contributed by atoms with Crippen molar-refractivity contribution in [2.45, 2.75) is 6.92 Å². The molecule has 0 amide bonds. The minimum atomic E-state index is 0.861. The first-order chi connectivity index (χ1) is 7.86. The summed E-state index contributed by atoms with van der Waals surface area (Å²) in [5.41, 5.74) is 2.54. The van der Waals surface area contributed by atoms with Gasteiger partial charge in [0.05, 0.1) is 12.4 Å². The molecule has 0 atom stereocenters. The van der Waals surface area contributed by atoms with E-state index in [1.807, 2.05) is 0 Å². The van der Waals surface area contributed by atoms with Crippen LogP contribution in [0.4, 0.5) is 5.69 Å². The number of nitrogens with zero attached hydrogens (tertiary/aromatic N) is 1. The number of anilines is 1. The van der Waals surface area contributed by atoms with E-state index in [9.17, 15) is 0 Å². The average Bonchev–Trinajstić information content (AvgIpc) is 2.75. The van der Waals surface area contributed by atoms with Crippen molar-refractivity contribution in [1.29, 1.82) is 0 Å². The molecule has 0 radical (unpaired) electrons. The summed E-state index contributed by atoms with van der Waals surface area (Å²) in [6.07, 6.45) is 2.06. The normalized spacial score (nSPS) is 15.1. The van der Waals surface area contributed by atoms with Crippen LogP contribution in [-0.4, -0.2) is 6.67 Å². The van der Waals surface area contributed by atoms with Crippen LogP contribution in [0, 0.1) is 0 Å². The first-order valence-corrected chi connectivity index (χ1v) is 5.52. The fraction of sp³-hybridized carbons (Fsp3) is 0.143. The second kappa shape index (κ2) is 3.56. The van der Waals surface area contributed by atoms with Gasteiger partial charge < -0.3 is 10.2 Å². The summed E-state index contributed by atoms with van der Waals surface area (Å²) < 4.78 is 0. The highest BCUT2D eigenvalue weighted by atomic mass is 15.3. The molecule has 0 unspecified atom stereocenters. The number of nitrogens with one attached hydrogen (secondary N) is 1. The molecular formula is C14H14N2. The quantitative estimate of drug-likeness (QED) is 0.778. The van der Waals surface area contributed by atoms with Crippen LogP contribution in [-0.2, 0) is 0 Å². The van der Waals surface area contributed by atoms with Gasteiger partial charge in [-0.3, -0.25) is 0 Å². The lowest BCUT2D eigenvalue weighted by Gasteiger charge is -2.21. The predicted octanol–water partition coefficient (Wildman–Crippen LogP) is 3.07.